The number of hydrogen-bond acceptors (Lipinski definition) is 0. The van der Waals surface area contributed by atoms with Gasteiger partial charge in [-0.3, -0.25) is 0 Å². The number of aryl methyl sites for hydroxylation is 2. The van der Waals surface area contributed by atoms with Crippen molar-refractivity contribution in [2.24, 2.45) is 0 Å². The molecule has 0 saturated carbocycles. The number of hydrogen-bond donors (Lipinski definition) is 0. The minimum atomic E-state index is -1.47. The minimum absolute atomic E-state index is 0.219. The van der Waals surface area contributed by atoms with E-state index < -0.39 is 22.8 Å². The maximum absolute atomic E-state index is 13.4. The van der Waals surface area contributed by atoms with Gasteiger partial charge in [0.1, 0.15) is 0 Å². The number of alkyl halides is 1. The van der Waals surface area contributed by atoms with Crippen LogP contribution in [0.4, 0.5) is 13.2 Å². The fourth-order valence-electron chi connectivity index (χ4n) is 2.32. The van der Waals surface area contributed by atoms with Crippen LogP contribution in [0, 0.1) is 17.5 Å². The quantitative estimate of drug-likeness (QED) is 0.512. The summed E-state index contributed by atoms with van der Waals surface area (Å²) in [6.45, 7) is 4.01. The monoisotopic (exact) mass is 312 g/mol. The normalized spacial score (nSPS) is 12.5. The third kappa shape index (κ3) is 3.24. The molecule has 2 aromatic carbocycles. The molecular formula is C17H16ClF3. The van der Waals surface area contributed by atoms with Crippen molar-refractivity contribution >= 4 is 11.6 Å². The third-order valence-corrected chi connectivity index (χ3v) is 4.06. The van der Waals surface area contributed by atoms with E-state index in [0.717, 1.165) is 41.7 Å². The number of benzene rings is 2. The van der Waals surface area contributed by atoms with Crippen LogP contribution in [0.5, 0.6) is 0 Å². The summed E-state index contributed by atoms with van der Waals surface area (Å²) in [4.78, 5) is 0. The van der Waals surface area contributed by atoms with Crippen LogP contribution in [0.15, 0.2) is 30.3 Å². The molecule has 0 bridgehead atoms. The minimum Gasteiger partial charge on any atom is -0.204 e. The molecule has 1 atom stereocenters. The number of rotatable bonds is 4. The van der Waals surface area contributed by atoms with E-state index in [-0.39, 0.29) is 5.56 Å². The average molecular weight is 313 g/mol. The van der Waals surface area contributed by atoms with Gasteiger partial charge in [0, 0.05) is 0 Å². The molecule has 0 saturated heterocycles. The zero-order valence-corrected chi connectivity index (χ0v) is 12.6. The van der Waals surface area contributed by atoms with Gasteiger partial charge < -0.3 is 0 Å². The summed E-state index contributed by atoms with van der Waals surface area (Å²) in [7, 11) is 0. The lowest BCUT2D eigenvalue weighted by Gasteiger charge is -2.16. The molecule has 1 unspecified atom stereocenters. The van der Waals surface area contributed by atoms with Gasteiger partial charge in [-0.1, -0.05) is 32.0 Å². The molecule has 0 aliphatic carbocycles. The highest BCUT2D eigenvalue weighted by molar-refractivity contribution is 6.22. The molecule has 0 aromatic heterocycles. The predicted octanol–water partition coefficient (Wildman–Crippen LogP) is 5.56. The van der Waals surface area contributed by atoms with Gasteiger partial charge in [-0.05, 0) is 47.2 Å². The van der Waals surface area contributed by atoms with Gasteiger partial charge >= 0.3 is 0 Å². The summed E-state index contributed by atoms with van der Waals surface area (Å²) in [6, 6.07) is 7.83. The van der Waals surface area contributed by atoms with Crippen LogP contribution in [-0.2, 0) is 12.8 Å². The van der Waals surface area contributed by atoms with Gasteiger partial charge in [0.2, 0.25) is 0 Å². The van der Waals surface area contributed by atoms with E-state index in [1.807, 2.05) is 32.0 Å². The van der Waals surface area contributed by atoms with Crippen LogP contribution in [0.2, 0.25) is 0 Å². The Balaban J connectivity index is 2.51. The van der Waals surface area contributed by atoms with E-state index in [9.17, 15) is 13.2 Å². The van der Waals surface area contributed by atoms with E-state index in [4.69, 9.17) is 11.6 Å². The molecule has 0 nitrogen and oxygen atoms in total. The van der Waals surface area contributed by atoms with Crippen molar-refractivity contribution in [2.75, 3.05) is 0 Å². The first-order valence-corrected chi connectivity index (χ1v) is 7.31. The summed E-state index contributed by atoms with van der Waals surface area (Å²) < 4.78 is 39.8. The first-order valence-electron chi connectivity index (χ1n) is 6.88. The van der Waals surface area contributed by atoms with Crippen LogP contribution in [0.25, 0.3) is 0 Å². The topological polar surface area (TPSA) is 0 Å². The Labute approximate surface area is 127 Å². The van der Waals surface area contributed by atoms with Gasteiger partial charge in [-0.2, -0.15) is 0 Å². The second-order valence-corrected chi connectivity index (χ2v) is 5.34. The first-order chi connectivity index (χ1) is 9.97. The molecule has 0 aliphatic rings. The van der Waals surface area contributed by atoms with Crippen molar-refractivity contribution in [3.63, 3.8) is 0 Å². The lowest BCUT2D eigenvalue weighted by molar-refractivity contribution is 0.445. The Morgan fingerprint density at radius 1 is 0.952 bits per heavy atom. The van der Waals surface area contributed by atoms with Crippen LogP contribution < -0.4 is 0 Å². The van der Waals surface area contributed by atoms with Crippen molar-refractivity contribution in [1.82, 2.24) is 0 Å². The van der Waals surface area contributed by atoms with Crippen molar-refractivity contribution in [3.05, 3.63) is 70.0 Å². The van der Waals surface area contributed by atoms with Gasteiger partial charge in [0.05, 0.1) is 5.38 Å². The van der Waals surface area contributed by atoms with Crippen LogP contribution in [0.1, 0.15) is 41.5 Å². The highest BCUT2D eigenvalue weighted by Crippen LogP contribution is 2.33. The SMILES string of the molecule is CCc1ccc(CC)c(C(Cl)c2cc(F)c(F)c(F)c2)c1. The molecule has 0 radical (unpaired) electrons. The second-order valence-electron chi connectivity index (χ2n) is 4.90. The van der Waals surface area contributed by atoms with Crippen molar-refractivity contribution in [2.45, 2.75) is 32.1 Å². The first kappa shape index (κ1) is 15.9. The van der Waals surface area contributed by atoms with E-state index in [0.29, 0.717) is 0 Å². The largest absolute Gasteiger partial charge is 0.204 e. The molecule has 0 fully saturated rings. The Bertz CT molecular complexity index is 629. The molecule has 0 spiro atoms. The molecule has 0 heterocycles. The summed E-state index contributed by atoms with van der Waals surface area (Å²) in [5.41, 5.74) is 3.13. The zero-order valence-electron chi connectivity index (χ0n) is 11.9. The van der Waals surface area contributed by atoms with Crippen LogP contribution in [0.3, 0.4) is 0 Å². The molecule has 4 heteroatoms. The second kappa shape index (κ2) is 6.52. The summed E-state index contributed by atoms with van der Waals surface area (Å²) in [5, 5.41) is -0.712. The van der Waals surface area contributed by atoms with Crippen molar-refractivity contribution in [3.8, 4) is 0 Å². The Morgan fingerprint density at radius 3 is 2.10 bits per heavy atom. The maximum atomic E-state index is 13.4. The molecular weight excluding hydrogens is 297 g/mol. The van der Waals surface area contributed by atoms with Gasteiger partial charge in [-0.15, -0.1) is 11.6 Å². The van der Waals surface area contributed by atoms with E-state index in [1.54, 1.807) is 0 Å². The molecule has 0 amide bonds. The van der Waals surface area contributed by atoms with E-state index in [1.165, 1.54) is 0 Å². The Hall–Kier alpha value is -1.48. The highest BCUT2D eigenvalue weighted by Gasteiger charge is 2.19. The van der Waals surface area contributed by atoms with Crippen molar-refractivity contribution in [1.29, 1.82) is 0 Å². The van der Waals surface area contributed by atoms with E-state index in [2.05, 4.69) is 0 Å². The van der Waals surface area contributed by atoms with Gasteiger partial charge in [0.15, 0.2) is 17.5 Å². The van der Waals surface area contributed by atoms with Crippen molar-refractivity contribution < 1.29 is 13.2 Å². The van der Waals surface area contributed by atoms with Crippen LogP contribution >= 0.6 is 11.6 Å². The van der Waals surface area contributed by atoms with E-state index >= 15 is 0 Å². The lowest BCUT2D eigenvalue weighted by atomic mass is 9.95. The smallest absolute Gasteiger partial charge is 0.194 e. The zero-order chi connectivity index (χ0) is 15.6. The highest BCUT2D eigenvalue weighted by atomic mass is 35.5. The Morgan fingerprint density at radius 2 is 1.57 bits per heavy atom. The molecule has 2 rings (SSSR count). The molecule has 112 valence electrons. The molecule has 2 aromatic rings. The average Bonchev–Trinajstić information content (AvgIpc) is 2.50. The predicted molar refractivity (Wildman–Crippen MR) is 79.2 cm³/mol. The Kier molecular flexibility index (Phi) is 4.94. The standard InChI is InChI=1S/C17H16ClF3/c1-3-10-5-6-11(4-2)13(7-10)16(18)12-8-14(19)17(21)15(20)9-12/h5-9,16H,3-4H2,1-2H3. The van der Waals surface area contributed by atoms with Gasteiger partial charge in [0.25, 0.3) is 0 Å². The third-order valence-electron chi connectivity index (χ3n) is 3.57. The molecule has 0 N–H and O–H groups in total. The fraction of sp³-hybridized carbons (Fsp3) is 0.294. The summed E-state index contributed by atoms with van der Waals surface area (Å²) >= 11 is 6.38. The maximum Gasteiger partial charge on any atom is 0.194 e. The number of halogens is 4. The fourth-order valence-corrected chi connectivity index (χ4v) is 2.65. The summed E-state index contributed by atoms with van der Waals surface area (Å²) in [6.07, 6.45) is 1.60. The van der Waals surface area contributed by atoms with Crippen LogP contribution in [-0.4, -0.2) is 0 Å². The lowest BCUT2D eigenvalue weighted by Crippen LogP contribution is -2.03. The molecule has 0 aliphatic heterocycles. The summed E-state index contributed by atoms with van der Waals surface area (Å²) in [5.74, 6) is -3.92. The molecule has 21 heavy (non-hydrogen) atoms. The van der Waals surface area contributed by atoms with Gasteiger partial charge in [-0.25, -0.2) is 13.2 Å².